The van der Waals surface area contributed by atoms with Crippen LogP contribution in [0.5, 0.6) is 0 Å². The molecule has 1 amide bonds. The Balaban J connectivity index is 3.15. The third kappa shape index (κ3) is 1.65. The van der Waals surface area contributed by atoms with E-state index in [0.29, 0.717) is 16.1 Å². The van der Waals surface area contributed by atoms with Gasteiger partial charge in [0.1, 0.15) is 0 Å². The van der Waals surface area contributed by atoms with Crippen LogP contribution in [0.15, 0.2) is 23.1 Å². The quantitative estimate of drug-likeness (QED) is 0.426. The van der Waals surface area contributed by atoms with E-state index in [2.05, 4.69) is 12.6 Å². The highest BCUT2D eigenvalue weighted by Crippen LogP contribution is 2.16. The number of rotatable bonds is 1. The number of primary amides is 1. The zero-order valence-corrected chi connectivity index (χ0v) is 6.64. The summed E-state index contributed by atoms with van der Waals surface area (Å²) in [7, 11) is 0. The summed E-state index contributed by atoms with van der Waals surface area (Å²) in [6, 6.07) is 4.73. The Morgan fingerprint density at radius 3 is 2.55 bits per heavy atom. The summed E-state index contributed by atoms with van der Waals surface area (Å²) in [6.45, 7) is 0. The van der Waals surface area contributed by atoms with Crippen LogP contribution in [0.4, 0.5) is 5.69 Å². The first-order valence-corrected chi connectivity index (χ1v) is 3.44. The average molecular weight is 168 g/mol. The lowest BCUT2D eigenvalue weighted by atomic mass is 10.2. The van der Waals surface area contributed by atoms with Crippen molar-refractivity contribution in [2.45, 2.75) is 4.90 Å². The van der Waals surface area contributed by atoms with Crippen LogP contribution in [-0.2, 0) is 0 Å². The molecule has 11 heavy (non-hydrogen) atoms. The van der Waals surface area contributed by atoms with Crippen molar-refractivity contribution in [3.8, 4) is 0 Å². The molecule has 1 rings (SSSR count). The number of hydrogen-bond acceptors (Lipinski definition) is 3. The Morgan fingerprint density at radius 2 is 2.09 bits per heavy atom. The molecule has 0 heterocycles. The molecule has 4 N–H and O–H groups in total. The number of nitrogen functional groups attached to an aromatic ring is 1. The van der Waals surface area contributed by atoms with Gasteiger partial charge in [0.25, 0.3) is 0 Å². The molecule has 0 aliphatic heterocycles. The molecule has 0 saturated carbocycles. The first-order valence-electron chi connectivity index (χ1n) is 2.99. The molecule has 0 aliphatic rings. The van der Waals surface area contributed by atoms with Crippen molar-refractivity contribution < 1.29 is 4.79 Å². The van der Waals surface area contributed by atoms with E-state index < -0.39 is 5.91 Å². The highest BCUT2D eigenvalue weighted by atomic mass is 32.1. The number of anilines is 1. The molecule has 0 radical (unpaired) electrons. The Labute approximate surface area is 69.8 Å². The molecule has 0 aliphatic carbocycles. The van der Waals surface area contributed by atoms with Crippen molar-refractivity contribution in [3.05, 3.63) is 23.8 Å². The topological polar surface area (TPSA) is 69.1 Å². The van der Waals surface area contributed by atoms with E-state index >= 15 is 0 Å². The van der Waals surface area contributed by atoms with Gasteiger partial charge in [-0.2, -0.15) is 0 Å². The van der Waals surface area contributed by atoms with E-state index in [1.165, 1.54) is 6.07 Å². The fraction of sp³-hybridized carbons (Fsp3) is 0. The van der Waals surface area contributed by atoms with Gasteiger partial charge in [0.15, 0.2) is 0 Å². The van der Waals surface area contributed by atoms with Gasteiger partial charge in [-0.1, -0.05) is 0 Å². The number of nitrogens with two attached hydrogens (primary N) is 2. The van der Waals surface area contributed by atoms with Crippen molar-refractivity contribution in [3.63, 3.8) is 0 Å². The van der Waals surface area contributed by atoms with Crippen molar-refractivity contribution in [2.75, 3.05) is 5.73 Å². The molecule has 0 fully saturated rings. The molecular formula is C7H8N2OS. The van der Waals surface area contributed by atoms with Gasteiger partial charge in [0.2, 0.25) is 5.91 Å². The van der Waals surface area contributed by atoms with Gasteiger partial charge in [-0.05, 0) is 18.2 Å². The second-order valence-electron chi connectivity index (χ2n) is 2.14. The maximum atomic E-state index is 10.6. The standard InChI is InChI=1S/C7H8N2OS/c8-5-3-4(7(9)10)1-2-6(5)11/h1-3,11H,8H2,(H2,9,10). The minimum absolute atomic E-state index is 0.403. The minimum atomic E-state index is -0.481. The zero-order valence-electron chi connectivity index (χ0n) is 5.74. The molecule has 3 nitrogen and oxygen atoms in total. The molecule has 0 unspecified atom stereocenters. The number of benzene rings is 1. The summed E-state index contributed by atoms with van der Waals surface area (Å²) in [5.74, 6) is -0.481. The smallest absolute Gasteiger partial charge is 0.248 e. The fourth-order valence-electron chi connectivity index (χ4n) is 0.708. The van der Waals surface area contributed by atoms with Crippen LogP contribution in [0.3, 0.4) is 0 Å². The van der Waals surface area contributed by atoms with E-state index in [0.717, 1.165) is 0 Å². The molecule has 0 aromatic heterocycles. The van der Waals surface area contributed by atoms with Crippen LogP contribution >= 0.6 is 12.6 Å². The largest absolute Gasteiger partial charge is 0.398 e. The fourth-order valence-corrected chi connectivity index (χ4v) is 0.847. The molecule has 0 atom stereocenters. The van der Waals surface area contributed by atoms with Crippen molar-refractivity contribution in [2.24, 2.45) is 5.73 Å². The maximum absolute atomic E-state index is 10.6. The van der Waals surface area contributed by atoms with Gasteiger partial charge >= 0.3 is 0 Å². The summed E-state index contributed by atoms with van der Waals surface area (Å²) in [4.78, 5) is 11.3. The number of thiol groups is 1. The predicted octanol–water partition coefficient (Wildman–Crippen LogP) is 0.656. The van der Waals surface area contributed by atoms with Gasteiger partial charge in [-0.25, -0.2) is 0 Å². The normalized spacial score (nSPS) is 9.55. The SMILES string of the molecule is NC(=O)c1ccc(S)c(N)c1. The number of carbonyl (C=O) groups excluding carboxylic acids is 1. The van der Waals surface area contributed by atoms with Crippen LogP contribution < -0.4 is 11.5 Å². The predicted molar refractivity (Wildman–Crippen MR) is 46.6 cm³/mol. The minimum Gasteiger partial charge on any atom is -0.398 e. The summed E-state index contributed by atoms with van der Waals surface area (Å²) in [5.41, 5.74) is 11.4. The molecule has 1 aromatic rings. The maximum Gasteiger partial charge on any atom is 0.248 e. The Kier molecular flexibility index (Phi) is 2.05. The van der Waals surface area contributed by atoms with Gasteiger partial charge in [-0.15, -0.1) is 12.6 Å². The zero-order chi connectivity index (χ0) is 8.43. The van der Waals surface area contributed by atoms with Crippen molar-refractivity contribution >= 4 is 24.2 Å². The third-order valence-corrected chi connectivity index (χ3v) is 1.72. The van der Waals surface area contributed by atoms with E-state index in [-0.39, 0.29) is 0 Å². The van der Waals surface area contributed by atoms with Crippen LogP contribution in [0.1, 0.15) is 10.4 Å². The van der Waals surface area contributed by atoms with Gasteiger partial charge < -0.3 is 11.5 Å². The lowest BCUT2D eigenvalue weighted by Crippen LogP contribution is -2.11. The second-order valence-corrected chi connectivity index (χ2v) is 2.62. The molecule has 0 saturated heterocycles. The van der Waals surface area contributed by atoms with Gasteiger partial charge in [0.05, 0.1) is 0 Å². The molecule has 58 valence electrons. The highest BCUT2D eigenvalue weighted by molar-refractivity contribution is 7.80. The summed E-state index contributed by atoms with van der Waals surface area (Å²) in [6.07, 6.45) is 0. The van der Waals surface area contributed by atoms with E-state index in [9.17, 15) is 4.79 Å². The summed E-state index contributed by atoms with van der Waals surface area (Å²) >= 11 is 4.04. The monoisotopic (exact) mass is 168 g/mol. The highest BCUT2D eigenvalue weighted by Gasteiger charge is 2.01. The van der Waals surface area contributed by atoms with Crippen LogP contribution in [0.25, 0.3) is 0 Å². The Morgan fingerprint density at radius 1 is 1.45 bits per heavy atom. The van der Waals surface area contributed by atoms with E-state index in [1.54, 1.807) is 12.1 Å². The average Bonchev–Trinajstić information content (AvgIpc) is 1.94. The molecule has 0 spiro atoms. The van der Waals surface area contributed by atoms with E-state index in [4.69, 9.17) is 11.5 Å². The molecule has 1 aromatic carbocycles. The van der Waals surface area contributed by atoms with Crippen LogP contribution in [0, 0.1) is 0 Å². The van der Waals surface area contributed by atoms with Crippen molar-refractivity contribution in [1.29, 1.82) is 0 Å². The first kappa shape index (κ1) is 7.94. The Hall–Kier alpha value is -1.16. The summed E-state index contributed by atoms with van der Waals surface area (Å²) < 4.78 is 0. The third-order valence-electron chi connectivity index (χ3n) is 1.31. The number of amides is 1. The van der Waals surface area contributed by atoms with E-state index in [1.807, 2.05) is 0 Å². The second kappa shape index (κ2) is 2.84. The number of carbonyl (C=O) groups is 1. The summed E-state index contributed by atoms with van der Waals surface area (Å²) in [5, 5.41) is 0. The molecule has 4 heteroatoms. The Bertz CT molecular complexity index is 298. The molecular weight excluding hydrogens is 160 g/mol. The lowest BCUT2D eigenvalue weighted by molar-refractivity contribution is 0.100. The first-order chi connectivity index (χ1) is 5.11. The van der Waals surface area contributed by atoms with Crippen LogP contribution in [-0.4, -0.2) is 5.91 Å². The van der Waals surface area contributed by atoms with Crippen LogP contribution in [0.2, 0.25) is 0 Å². The molecule has 0 bridgehead atoms. The van der Waals surface area contributed by atoms with Crippen molar-refractivity contribution in [1.82, 2.24) is 0 Å². The van der Waals surface area contributed by atoms with Gasteiger partial charge in [0, 0.05) is 16.1 Å². The van der Waals surface area contributed by atoms with Gasteiger partial charge in [-0.3, -0.25) is 4.79 Å². The number of hydrogen-bond donors (Lipinski definition) is 3. The lowest BCUT2D eigenvalue weighted by Gasteiger charge is -1.99.